The fourth-order valence-corrected chi connectivity index (χ4v) is 2.77. The second kappa shape index (κ2) is 8.36. The van der Waals surface area contributed by atoms with Crippen molar-refractivity contribution in [3.05, 3.63) is 29.8 Å². The molecule has 5 nitrogen and oxygen atoms in total. The van der Waals surface area contributed by atoms with E-state index in [-0.39, 0.29) is 4.90 Å². The fourth-order valence-electron chi connectivity index (χ4n) is 1.62. The topological polar surface area (TPSA) is 81.4 Å². The van der Waals surface area contributed by atoms with Crippen LogP contribution < -0.4 is 10.5 Å². The molecule has 0 saturated heterocycles. The Hall–Kier alpha value is -0.950. The van der Waals surface area contributed by atoms with Crippen molar-refractivity contribution < 1.29 is 13.2 Å². The first-order valence-electron chi connectivity index (χ1n) is 6.82. The SMILES string of the molecule is CC(C)COCCCNS(=O)(=O)c1cccc(CN)c1. The third-order valence-corrected chi connectivity index (χ3v) is 4.11. The summed E-state index contributed by atoms with van der Waals surface area (Å²) in [6.45, 7) is 6.11. The van der Waals surface area contributed by atoms with Crippen LogP contribution in [0.3, 0.4) is 0 Å². The maximum Gasteiger partial charge on any atom is 0.240 e. The van der Waals surface area contributed by atoms with Crippen LogP contribution in [0.1, 0.15) is 25.8 Å². The molecule has 0 aliphatic heterocycles. The molecule has 0 saturated carbocycles. The zero-order chi connectivity index (χ0) is 15.0. The lowest BCUT2D eigenvalue weighted by molar-refractivity contribution is 0.108. The molecule has 0 fully saturated rings. The molecule has 0 aromatic heterocycles. The molecule has 0 amide bonds. The number of ether oxygens (including phenoxy) is 1. The highest BCUT2D eigenvalue weighted by Gasteiger charge is 2.13. The van der Waals surface area contributed by atoms with E-state index in [9.17, 15) is 8.42 Å². The summed E-state index contributed by atoms with van der Waals surface area (Å²) in [4.78, 5) is 0.253. The van der Waals surface area contributed by atoms with Crippen molar-refractivity contribution >= 4 is 10.0 Å². The molecule has 1 rings (SSSR count). The average Bonchev–Trinajstić information content (AvgIpc) is 2.42. The zero-order valence-electron chi connectivity index (χ0n) is 12.1. The monoisotopic (exact) mass is 300 g/mol. The second-order valence-electron chi connectivity index (χ2n) is 5.07. The van der Waals surface area contributed by atoms with Crippen LogP contribution in [0.4, 0.5) is 0 Å². The van der Waals surface area contributed by atoms with Crippen LogP contribution in [0.5, 0.6) is 0 Å². The molecule has 3 N–H and O–H groups in total. The van der Waals surface area contributed by atoms with Gasteiger partial charge in [-0.3, -0.25) is 0 Å². The Balaban J connectivity index is 2.41. The smallest absolute Gasteiger partial charge is 0.240 e. The van der Waals surface area contributed by atoms with Gasteiger partial charge in [-0.25, -0.2) is 13.1 Å². The van der Waals surface area contributed by atoms with Gasteiger partial charge in [0, 0.05) is 26.3 Å². The van der Waals surface area contributed by atoms with Crippen LogP contribution in [-0.4, -0.2) is 28.2 Å². The fraction of sp³-hybridized carbons (Fsp3) is 0.571. The minimum atomic E-state index is -3.46. The Kier molecular flexibility index (Phi) is 7.15. The summed E-state index contributed by atoms with van der Waals surface area (Å²) in [6, 6.07) is 6.66. The van der Waals surface area contributed by atoms with Crippen LogP contribution in [-0.2, 0) is 21.3 Å². The van der Waals surface area contributed by atoms with Gasteiger partial charge in [0.25, 0.3) is 0 Å². The summed E-state index contributed by atoms with van der Waals surface area (Å²) in [6.07, 6.45) is 0.655. The highest BCUT2D eigenvalue weighted by molar-refractivity contribution is 7.89. The molecular weight excluding hydrogens is 276 g/mol. The molecule has 6 heteroatoms. The molecule has 0 radical (unpaired) electrons. The standard InChI is InChI=1S/C14H24N2O3S/c1-12(2)11-19-8-4-7-16-20(17,18)14-6-3-5-13(9-14)10-15/h3,5-6,9,12,16H,4,7-8,10-11,15H2,1-2H3. The van der Waals surface area contributed by atoms with Crippen LogP contribution in [0.2, 0.25) is 0 Å². The maximum absolute atomic E-state index is 12.0. The predicted octanol–water partition coefficient (Wildman–Crippen LogP) is 1.49. The molecular formula is C14H24N2O3S. The quantitative estimate of drug-likeness (QED) is 0.677. The zero-order valence-corrected chi connectivity index (χ0v) is 12.9. The van der Waals surface area contributed by atoms with E-state index in [1.54, 1.807) is 24.3 Å². The van der Waals surface area contributed by atoms with E-state index in [1.807, 2.05) is 0 Å². The van der Waals surface area contributed by atoms with Gasteiger partial charge in [-0.05, 0) is 30.0 Å². The molecule has 0 atom stereocenters. The molecule has 114 valence electrons. The van der Waals surface area contributed by atoms with Crippen molar-refractivity contribution in [1.82, 2.24) is 4.72 Å². The molecule has 20 heavy (non-hydrogen) atoms. The van der Waals surface area contributed by atoms with E-state index >= 15 is 0 Å². The molecule has 0 aliphatic rings. The highest BCUT2D eigenvalue weighted by atomic mass is 32.2. The summed E-state index contributed by atoms with van der Waals surface area (Å²) in [5.74, 6) is 0.491. The first-order valence-corrected chi connectivity index (χ1v) is 8.30. The highest BCUT2D eigenvalue weighted by Crippen LogP contribution is 2.10. The second-order valence-corrected chi connectivity index (χ2v) is 6.84. The lowest BCUT2D eigenvalue weighted by Crippen LogP contribution is -2.26. The van der Waals surface area contributed by atoms with Crippen LogP contribution in [0.25, 0.3) is 0 Å². The molecule has 0 spiro atoms. The van der Waals surface area contributed by atoms with E-state index < -0.39 is 10.0 Å². The Morgan fingerprint density at radius 3 is 2.75 bits per heavy atom. The summed E-state index contributed by atoms with van der Waals surface area (Å²) < 4.78 is 32.1. The van der Waals surface area contributed by atoms with Crippen molar-refractivity contribution in [2.75, 3.05) is 19.8 Å². The number of nitrogens with one attached hydrogen (secondary N) is 1. The number of nitrogens with two attached hydrogens (primary N) is 1. The van der Waals surface area contributed by atoms with Crippen molar-refractivity contribution in [2.24, 2.45) is 11.7 Å². The van der Waals surface area contributed by atoms with Gasteiger partial charge in [-0.15, -0.1) is 0 Å². The van der Waals surface area contributed by atoms with E-state index in [0.717, 1.165) is 5.56 Å². The Morgan fingerprint density at radius 1 is 1.35 bits per heavy atom. The van der Waals surface area contributed by atoms with E-state index in [1.165, 1.54) is 0 Å². The summed E-state index contributed by atoms with van der Waals surface area (Å²) in [5.41, 5.74) is 6.31. The number of sulfonamides is 1. The molecule has 1 aromatic rings. The third-order valence-electron chi connectivity index (χ3n) is 2.65. The van der Waals surface area contributed by atoms with E-state index in [4.69, 9.17) is 10.5 Å². The van der Waals surface area contributed by atoms with Crippen LogP contribution in [0.15, 0.2) is 29.2 Å². The Labute approximate surface area is 121 Å². The summed E-state index contributed by atoms with van der Waals surface area (Å²) in [7, 11) is -3.46. The minimum Gasteiger partial charge on any atom is -0.381 e. The Bertz CT molecular complexity index is 501. The molecule has 0 aliphatic carbocycles. The lowest BCUT2D eigenvalue weighted by Gasteiger charge is -2.09. The van der Waals surface area contributed by atoms with Gasteiger partial charge >= 0.3 is 0 Å². The van der Waals surface area contributed by atoms with Gasteiger partial charge in [-0.2, -0.15) is 0 Å². The number of rotatable bonds is 9. The number of hydrogen-bond donors (Lipinski definition) is 2. The Morgan fingerprint density at radius 2 is 2.10 bits per heavy atom. The summed E-state index contributed by atoms with van der Waals surface area (Å²) >= 11 is 0. The largest absolute Gasteiger partial charge is 0.381 e. The third kappa shape index (κ3) is 6.00. The summed E-state index contributed by atoms with van der Waals surface area (Å²) in [5, 5.41) is 0. The van der Waals surface area contributed by atoms with Crippen molar-refractivity contribution in [3.8, 4) is 0 Å². The first kappa shape index (κ1) is 17.1. The lowest BCUT2D eigenvalue weighted by atomic mass is 10.2. The van der Waals surface area contributed by atoms with Crippen molar-refractivity contribution in [2.45, 2.75) is 31.7 Å². The molecule has 0 heterocycles. The molecule has 1 aromatic carbocycles. The van der Waals surface area contributed by atoms with Crippen LogP contribution in [0, 0.1) is 5.92 Å². The van der Waals surface area contributed by atoms with Gasteiger partial charge in [0.15, 0.2) is 0 Å². The van der Waals surface area contributed by atoms with Gasteiger partial charge < -0.3 is 10.5 Å². The minimum absolute atomic E-state index is 0.253. The average molecular weight is 300 g/mol. The van der Waals surface area contributed by atoms with E-state index in [2.05, 4.69) is 18.6 Å². The van der Waals surface area contributed by atoms with Gasteiger partial charge in [0.2, 0.25) is 10.0 Å². The predicted molar refractivity (Wildman–Crippen MR) is 79.8 cm³/mol. The maximum atomic E-state index is 12.0. The van der Waals surface area contributed by atoms with Gasteiger partial charge in [0.1, 0.15) is 0 Å². The van der Waals surface area contributed by atoms with Crippen molar-refractivity contribution in [3.63, 3.8) is 0 Å². The van der Waals surface area contributed by atoms with Crippen LogP contribution >= 0.6 is 0 Å². The number of hydrogen-bond acceptors (Lipinski definition) is 4. The first-order chi connectivity index (χ1) is 9.45. The van der Waals surface area contributed by atoms with Crippen molar-refractivity contribution in [1.29, 1.82) is 0 Å². The number of benzene rings is 1. The van der Waals surface area contributed by atoms with Gasteiger partial charge in [0.05, 0.1) is 4.90 Å². The normalized spacial score (nSPS) is 12.0. The van der Waals surface area contributed by atoms with Gasteiger partial charge in [-0.1, -0.05) is 26.0 Å². The molecule has 0 bridgehead atoms. The molecule has 0 unspecified atom stereocenters. The van der Waals surface area contributed by atoms with E-state index in [0.29, 0.717) is 38.6 Å².